The molecule has 0 saturated heterocycles. The minimum atomic E-state index is -0.958. The van der Waals surface area contributed by atoms with Gasteiger partial charge in [0.1, 0.15) is 11.0 Å². The third kappa shape index (κ3) is 6.18. The first-order chi connectivity index (χ1) is 17.3. The molecular formula is C25H20BrN5O4S. The van der Waals surface area contributed by atoms with Gasteiger partial charge < -0.3 is 5.32 Å². The van der Waals surface area contributed by atoms with Crippen molar-refractivity contribution in [2.24, 2.45) is 0 Å². The van der Waals surface area contributed by atoms with E-state index < -0.39 is 22.8 Å². The van der Waals surface area contributed by atoms with Crippen LogP contribution < -0.4 is 10.6 Å². The summed E-state index contributed by atoms with van der Waals surface area (Å²) in [6.45, 7) is 1.59. The van der Waals surface area contributed by atoms with Crippen LogP contribution in [0.1, 0.15) is 21.5 Å². The summed E-state index contributed by atoms with van der Waals surface area (Å²) in [4.78, 5) is 36.9. The van der Waals surface area contributed by atoms with Gasteiger partial charge in [-0.05, 0) is 30.7 Å². The number of benzene rings is 3. The Morgan fingerprint density at radius 1 is 1.06 bits per heavy atom. The van der Waals surface area contributed by atoms with Crippen LogP contribution in [-0.2, 0) is 11.2 Å². The van der Waals surface area contributed by atoms with Gasteiger partial charge in [0.25, 0.3) is 11.6 Å². The lowest BCUT2D eigenvalue weighted by Gasteiger charge is -2.18. The molecule has 2 N–H and O–H groups in total. The lowest BCUT2D eigenvalue weighted by atomic mass is 10.0. The number of nitrogens with zero attached hydrogens (tertiary/aromatic N) is 3. The Kier molecular flexibility index (Phi) is 7.81. The fraction of sp³-hybridized carbons (Fsp3) is 0.120. The number of halogens is 1. The van der Waals surface area contributed by atoms with Gasteiger partial charge in [0, 0.05) is 33.7 Å². The number of nitro benzene ring substituents is 1. The largest absolute Gasteiger partial charge is 0.340 e. The van der Waals surface area contributed by atoms with Crippen LogP contribution in [0.5, 0.6) is 0 Å². The predicted molar refractivity (Wildman–Crippen MR) is 141 cm³/mol. The molecule has 182 valence electrons. The molecule has 1 heterocycles. The second-order valence-electron chi connectivity index (χ2n) is 7.88. The summed E-state index contributed by atoms with van der Waals surface area (Å²) in [5.74, 6) is -1.07. The van der Waals surface area contributed by atoms with Crippen LogP contribution in [0.4, 0.5) is 10.8 Å². The standard InChI is InChI=1S/C25H20BrN5O4S/c1-15-7-8-18(14-21(15)31(34)35)22(32)27-20(13-16-5-3-2-4-6-16)23(33)28-25-30-29-24(36-25)17-9-11-19(26)12-10-17/h2-12,14,20H,13H2,1H3,(H,27,32)(H,28,30,33)/t20-/m0/s1. The summed E-state index contributed by atoms with van der Waals surface area (Å²) in [7, 11) is 0. The Hall–Kier alpha value is -3.96. The van der Waals surface area contributed by atoms with Gasteiger partial charge in [-0.25, -0.2) is 0 Å². The molecule has 9 nitrogen and oxygen atoms in total. The van der Waals surface area contributed by atoms with E-state index in [1.807, 2.05) is 54.6 Å². The fourth-order valence-corrected chi connectivity index (χ4v) is 4.44. The zero-order valence-electron chi connectivity index (χ0n) is 19.0. The van der Waals surface area contributed by atoms with E-state index in [4.69, 9.17) is 0 Å². The molecule has 2 amide bonds. The number of hydrogen-bond donors (Lipinski definition) is 2. The SMILES string of the molecule is Cc1ccc(C(=O)N[C@@H](Cc2ccccc2)C(=O)Nc2nnc(-c3ccc(Br)cc3)s2)cc1[N+](=O)[O-]. The van der Waals surface area contributed by atoms with E-state index in [-0.39, 0.29) is 22.8 Å². The van der Waals surface area contributed by atoms with Crippen LogP contribution in [0, 0.1) is 17.0 Å². The lowest BCUT2D eigenvalue weighted by molar-refractivity contribution is -0.385. The molecule has 0 fully saturated rings. The summed E-state index contributed by atoms with van der Waals surface area (Å²) >= 11 is 4.60. The van der Waals surface area contributed by atoms with E-state index in [0.29, 0.717) is 10.6 Å². The van der Waals surface area contributed by atoms with Gasteiger partial charge in [-0.3, -0.25) is 25.0 Å². The molecule has 3 aromatic carbocycles. The Bertz CT molecular complexity index is 1410. The van der Waals surface area contributed by atoms with Gasteiger partial charge in [-0.1, -0.05) is 75.8 Å². The highest BCUT2D eigenvalue weighted by atomic mass is 79.9. The minimum absolute atomic E-state index is 0.0894. The molecule has 0 unspecified atom stereocenters. The van der Waals surface area contributed by atoms with E-state index >= 15 is 0 Å². The average molecular weight is 566 g/mol. The van der Waals surface area contributed by atoms with Gasteiger partial charge in [0.2, 0.25) is 11.0 Å². The number of hydrogen-bond acceptors (Lipinski definition) is 7. The van der Waals surface area contributed by atoms with Crippen LogP contribution >= 0.6 is 27.3 Å². The van der Waals surface area contributed by atoms with Crippen LogP contribution in [0.15, 0.2) is 77.3 Å². The first kappa shape index (κ1) is 25.1. The van der Waals surface area contributed by atoms with Gasteiger partial charge in [0.05, 0.1) is 4.92 Å². The molecule has 4 aromatic rings. The van der Waals surface area contributed by atoms with E-state index in [1.54, 1.807) is 6.92 Å². The van der Waals surface area contributed by atoms with Gasteiger partial charge in [0.15, 0.2) is 0 Å². The smallest absolute Gasteiger partial charge is 0.273 e. The molecule has 0 saturated carbocycles. The number of anilines is 1. The lowest BCUT2D eigenvalue weighted by Crippen LogP contribution is -2.45. The summed E-state index contributed by atoms with van der Waals surface area (Å²) in [5.41, 5.74) is 2.05. The number of rotatable bonds is 8. The average Bonchev–Trinajstić information content (AvgIpc) is 3.33. The first-order valence-corrected chi connectivity index (χ1v) is 12.4. The van der Waals surface area contributed by atoms with E-state index in [9.17, 15) is 19.7 Å². The quantitative estimate of drug-likeness (QED) is 0.224. The molecular weight excluding hydrogens is 546 g/mol. The van der Waals surface area contributed by atoms with Crippen molar-refractivity contribution in [2.75, 3.05) is 5.32 Å². The topological polar surface area (TPSA) is 127 Å². The monoisotopic (exact) mass is 565 g/mol. The van der Waals surface area contributed by atoms with E-state index in [2.05, 4.69) is 36.8 Å². The minimum Gasteiger partial charge on any atom is -0.340 e. The van der Waals surface area contributed by atoms with Crippen LogP contribution in [-0.4, -0.2) is 33.0 Å². The summed E-state index contributed by atoms with van der Waals surface area (Å²) in [5, 5.41) is 25.9. The number of nitrogens with one attached hydrogen (secondary N) is 2. The van der Waals surface area contributed by atoms with Crippen LogP contribution in [0.3, 0.4) is 0 Å². The van der Waals surface area contributed by atoms with Crippen LogP contribution in [0.25, 0.3) is 10.6 Å². The molecule has 11 heteroatoms. The fourth-order valence-electron chi connectivity index (χ4n) is 3.42. The summed E-state index contributed by atoms with van der Waals surface area (Å²) in [6, 6.07) is 20.0. The number of nitro groups is 1. The third-order valence-corrected chi connectivity index (χ3v) is 6.74. The molecule has 0 aliphatic carbocycles. The zero-order chi connectivity index (χ0) is 25.7. The number of carbonyl (C=O) groups excluding carboxylic acids is 2. The Morgan fingerprint density at radius 3 is 2.47 bits per heavy atom. The molecule has 36 heavy (non-hydrogen) atoms. The van der Waals surface area contributed by atoms with Crippen molar-refractivity contribution in [2.45, 2.75) is 19.4 Å². The van der Waals surface area contributed by atoms with E-state index in [1.165, 1.54) is 29.5 Å². The highest BCUT2D eigenvalue weighted by Gasteiger charge is 2.24. The number of carbonyl (C=O) groups is 2. The molecule has 0 radical (unpaired) electrons. The highest BCUT2D eigenvalue weighted by molar-refractivity contribution is 9.10. The molecule has 0 aliphatic heterocycles. The maximum Gasteiger partial charge on any atom is 0.273 e. The molecule has 0 aliphatic rings. The van der Waals surface area contributed by atoms with Crippen molar-refractivity contribution < 1.29 is 14.5 Å². The van der Waals surface area contributed by atoms with Crippen molar-refractivity contribution in [1.29, 1.82) is 0 Å². The summed E-state index contributed by atoms with van der Waals surface area (Å²) in [6.07, 6.45) is 0.213. The normalized spacial score (nSPS) is 11.5. The molecule has 1 aromatic heterocycles. The predicted octanol–water partition coefficient (Wildman–Crippen LogP) is 5.16. The number of aryl methyl sites for hydroxylation is 1. The molecule has 1 atom stereocenters. The zero-order valence-corrected chi connectivity index (χ0v) is 21.4. The van der Waals surface area contributed by atoms with Gasteiger partial charge in [-0.15, -0.1) is 10.2 Å². The maximum absolute atomic E-state index is 13.2. The maximum atomic E-state index is 13.2. The van der Waals surface area contributed by atoms with Crippen molar-refractivity contribution in [3.05, 3.63) is 104 Å². The van der Waals surface area contributed by atoms with Crippen molar-refractivity contribution >= 4 is 49.9 Å². The second kappa shape index (κ2) is 11.2. The van der Waals surface area contributed by atoms with Crippen molar-refractivity contribution in [1.82, 2.24) is 15.5 Å². The summed E-state index contributed by atoms with van der Waals surface area (Å²) < 4.78 is 0.933. The Labute approximate surface area is 218 Å². The third-order valence-electron chi connectivity index (χ3n) is 5.32. The van der Waals surface area contributed by atoms with Crippen molar-refractivity contribution in [3.63, 3.8) is 0 Å². The Balaban J connectivity index is 1.54. The first-order valence-electron chi connectivity index (χ1n) is 10.8. The van der Waals surface area contributed by atoms with E-state index in [0.717, 1.165) is 15.6 Å². The highest BCUT2D eigenvalue weighted by Crippen LogP contribution is 2.27. The molecule has 0 bridgehead atoms. The molecule has 0 spiro atoms. The number of aromatic nitrogens is 2. The second-order valence-corrected chi connectivity index (χ2v) is 9.78. The Morgan fingerprint density at radius 2 is 1.78 bits per heavy atom. The van der Waals surface area contributed by atoms with Crippen molar-refractivity contribution in [3.8, 4) is 10.6 Å². The molecule has 4 rings (SSSR count). The number of amides is 2. The van der Waals surface area contributed by atoms with Crippen LogP contribution in [0.2, 0.25) is 0 Å². The van der Waals surface area contributed by atoms with Gasteiger partial charge >= 0.3 is 0 Å². The van der Waals surface area contributed by atoms with Gasteiger partial charge in [-0.2, -0.15) is 0 Å².